The second-order valence-corrected chi connectivity index (χ2v) is 6.31. The monoisotopic (exact) mass is 259 g/mol. The van der Waals surface area contributed by atoms with E-state index in [0.717, 1.165) is 12.6 Å². The molecule has 4 heteroatoms. The Balaban J connectivity index is 2.40. The zero-order valence-electron chi connectivity index (χ0n) is 11.7. The molecule has 0 spiro atoms. The Morgan fingerprint density at radius 2 is 2.12 bits per heavy atom. The summed E-state index contributed by atoms with van der Waals surface area (Å²) in [6, 6.07) is 1.31. The van der Waals surface area contributed by atoms with E-state index in [0.29, 0.717) is 6.04 Å². The molecule has 0 aromatic carbocycles. The maximum absolute atomic E-state index is 5.94. The molecule has 1 aliphatic rings. The Labute approximate surface area is 111 Å². The fraction of sp³-hybridized carbons (Fsp3) is 1.00. The molecule has 1 aliphatic heterocycles. The molecule has 0 aromatic heterocycles. The molecule has 0 amide bonds. The topological polar surface area (TPSA) is 32.5 Å². The van der Waals surface area contributed by atoms with Crippen molar-refractivity contribution in [3.8, 4) is 0 Å². The number of nitrogens with zero attached hydrogens (tertiary/aromatic N) is 2. The highest BCUT2D eigenvalue weighted by molar-refractivity contribution is 7.99. The van der Waals surface area contributed by atoms with Crippen molar-refractivity contribution in [2.24, 2.45) is 5.73 Å². The van der Waals surface area contributed by atoms with Crippen molar-refractivity contribution in [3.05, 3.63) is 0 Å². The zero-order valence-corrected chi connectivity index (χ0v) is 12.5. The number of likely N-dealkylation sites (N-methyl/N-ethyl adjacent to an activating group) is 1. The lowest BCUT2D eigenvalue weighted by atomic mass is 10.1. The van der Waals surface area contributed by atoms with Gasteiger partial charge < -0.3 is 10.6 Å². The minimum atomic E-state index is 0.594. The Bertz CT molecular complexity index is 201. The van der Waals surface area contributed by atoms with Crippen molar-refractivity contribution in [1.29, 1.82) is 0 Å². The van der Waals surface area contributed by atoms with Crippen LogP contribution in [0, 0.1) is 0 Å². The first-order valence-electron chi connectivity index (χ1n) is 6.95. The van der Waals surface area contributed by atoms with Gasteiger partial charge in [0.25, 0.3) is 0 Å². The van der Waals surface area contributed by atoms with Gasteiger partial charge in [0, 0.05) is 38.3 Å². The third kappa shape index (κ3) is 4.78. The largest absolute Gasteiger partial charge is 0.329 e. The molecule has 2 atom stereocenters. The summed E-state index contributed by atoms with van der Waals surface area (Å²) < 4.78 is 0. The van der Waals surface area contributed by atoms with Crippen molar-refractivity contribution in [2.45, 2.75) is 38.8 Å². The standard InChI is InChI=1S/C13H29N3S/c1-4-12-11-16(8-7-15(12)3)13(10-14)6-9-17-5-2/h12-13H,4-11,14H2,1-3H3. The number of nitrogens with two attached hydrogens (primary N) is 1. The molecular formula is C13H29N3S. The quantitative estimate of drug-likeness (QED) is 0.702. The van der Waals surface area contributed by atoms with Gasteiger partial charge in [-0.15, -0.1) is 0 Å². The Kier molecular flexibility index (Phi) is 7.51. The van der Waals surface area contributed by atoms with E-state index in [2.05, 4.69) is 30.7 Å². The van der Waals surface area contributed by atoms with Crippen molar-refractivity contribution in [1.82, 2.24) is 9.80 Å². The van der Waals surface area contributed by atoms with Crippen LogP contribution in [0.2, 0.25) is 0 Å². The number of rotatable bonds is 7. The molecule has 1 fully saturated rings. The lowest BCUT2D eigenvalue weighted by Crippen LogP contribution is -2.55. The molecule has 2 N–H and O–H groups in total. The normalized spacial score (nSPS) is 25.1. The predicted octanol–water partition coefficient (Wildman–Crippen LogP) is 1.48. The molecule has 0 bridgehead atoms. The number of hydrogen-bond donors (Lipinski definition) is 1. The summed E-state index contributed by atoms with van der Waals surface area (Å²) in [4.78, 5) is 5.11. The molecule has 0 saturated carbocycles. The molecule has 3 nitrogen and oxygen atoms in total. The van der Waals surface area contributed by atoms with Crippen LogP contribution in [-0.4, -0.2) is 66.6 Å². The first-order valence-corrected chi connectivity index (χ1v) is 8.10. The first kappa shape index (κ1) is 15.3. The van der Waals surface area contributed by atoms with Crippen LogP contribution in [-0.2, 0) is 0 Å². The third-order valence-electron chi connectivity index (χ3n) is 3.87. The lowest BCUT2D eigenvalue weighted by Gasteiger charge is -2.42. The molecule has 2 unspecified atom stereocenters. The van der Waals surface area contributed by atoms with Gasteiger partial charge in [-0.05, 0) is 31.4 Å². The maximum atomic E-state index is 5.94. The number of hydrogen-bond acceptors (Lipinski definition) is 4. The van der Waals surface area contributed by atoms with Gasteiger partial charge in [-0.3, -0.25) is 4.90 Å². The van der Waals surface area contributed by atoms with E-state index >= 15 is 0 Å². The molecular weight excluding hydrogens is 230 g/mol. The van der Waals surface area contributed by atoms with Crippen LogP contribution < -0.4 is 5.73 Å². The van der Waals surface area contributed by atoms with Crippen molar-refractivity contribution in [3.63, 3.8) is 0 Å². The summed E-state index contributed by atoms with van der Waals surface area (Å²) in [6.07, 6.45) is 2.49. The van der Waals surface area contributed by atoms with Crippen molar-refractivity contribution < 1.29 is 0 Å². The second kappa shape index (κ2) is 8.35. The second-order valence-electron chi connectivity index (χ2n) is 4.91. The van der Waals surface area contributed by atoms with Gasteiger partial charge in [0.05, 0.1) is 0 Å². The average molecular weight is 259 g/mol. The Morgan fingerprint density at radius 1 is 1.35 bits per heavy atom. The van der Waals surface area contributed by atoms with E-state index in [9.17, 15) is 0 Å². The maximum Gasteiger partial charge on any atom is 0.0227 e. The van der Waals surface area contributed by atoms with Crippen LogP contribution >= 0.6 is 11.8 Å². The Hall–Kier alpha value is 0.230. The van der Waals surface area contributed by atoms with Crippen LogP contribution in [0.4, 0.5) is 0 Å². The summed E-state index contributed by atoms with van der Waals surface area (Å²) in [5, 5.41) is 0. The highest BCUT2D eigenvalue weighted by atomic mass is 32.2. The van der Waals surface area contributed by atoms with Crippen LogP contribution in [0.15, 0.2) is 0 Å². The molecule has 0 aliphatic carbocycles. The smallest absolute Gasteiger partial charge is 0.0227 e. The highest BCUT2D eigenvalue weighted by Gasteiger charge is 2.26. The van der Waals surface area contributed by atoms with Crippen LogP contribution in [0.5, 0.6) is 0 Å². The van der Waals surface area contributed by atoms with Crippen molar-refractivity contribution >= 4 is 11.8 Å². The van der Waals surface area contributed by atoms with E-state index in [1.54, 1.807) is 0 Å². The van der Waals surface area contributed by atoms with Gasteiger partial charge in [0.2, 0.25) is 0 Å². The molecule has 1 heterocycles. The first-order chi connectivity index (χ1) is 8.22. The van der Waals surface area contributed by atoms with Crippen LogP contribution in [0.3, 0.4) is 0 Å². The van der Waals surface area contributed by atoms with E-state index in [4.69, 9.17) is 5.73 Å². The summed E-state index contributed by atoms with van der Waals surface area (Å²) in [5.41, 5.74) is 5.94. The zero-order chi connectivity index (χ0) is 12.7. The predicted molar refractivity (Wildman–Crippen MR) is 78.7 cm³/mol. The van der Waals surface area contributed by atoms with E-state index in [-0.39, 0.29) is 0 Å². The van der Waals surface area contributed by atoms with Gasteiger partial charge >= 0.3 is 0 Å². The van der Waals surface area contributed by atoms with E-state index in [1.165, 1.54) is 44.0 Å². The van der Waals surface area contributed by atoms with E-state index < -0.39 is 0 Å². The molecule has 102 valence electrons. The molecule has 0 aromatic rings. The number of piperazine rings is 1. The summed E-state index contributed by atoms with van der Waals surface area (Å²) >= 11 is 2.03. The molecule has 17 heavy (non-hydrogen) atoms. The summed E-state index contributed by atoms with van der Waals surface area (Å²) in [5.74, 6) is 2.47. The van der Waals surface area contributed by atoms with Gasteiger partial charge in [-0.2, -0.15) is 11.8 Å². The third-order valence-corrected chi connectivity index (χ3v) is 4.80. The fourth-order valence-electron chi connectivity index (χ4n) is 2.56. The van der Waals surface area contributed by atoms with Gasteiger partial charge in [0.15, 0.2) is 0 Å². The molecule has 0 radical (unpaired) electrons. The average Bonchev–Trinajstić information content (AvgIpc) is 2.36. The fourth-order valence-corrected chi connectivity index (χ4v) is 3.28. The minimum Gasteiger partial charge on any atom is -0.329 e. The van der Waals surface area contributed by atoms with Gasteiger partial charge in [0.1, 0.15) is 0 Å². The van der Waals surface area contributed by atoms with Crippen molar-refractivity contribution in [2.75, 3.05) is 44.7 Å². The summed E-state index contributed by atoms with van der Waals surface area (Å²) in [6.45, 7) is 8.90. The SMILES string of the molecule is CCSCCC(CN)N1CCN(C)C(CC)C1. The van der Waals surface area contributed by atoms with Gasteiger partial charge in [-0.1, -0.05) is 13.8 Å². The Morgan fingerprint density at radius 3 is 2.71 bits per heavy atom. The number of thioether (sulfide) groups is 1. The molecule has 1 rings (SSSR count). The van der Waals surface area contributed by atoms with E-state index in [1.807, 2.05) is 11.8 Å². The summed E-state index contributed by atoms with van der Waals surface area (Å²) in [7, 11) is 2.25. The minimum absolute atomic E-state index is 0.594. The van der Waals surface area contributed by atoms with Crippen LogP contribution in [0.1, 0.15) is 26.7 Å². The van der Waals surface area contributed by atoms with Crippen LogP contribution in [0.25, 0.3) is 0 Å². The highest BCUT2D eigenvalue weighted by Crippen LogP contribution is 2.16. The lowest BCUT2D eigenvalue weighted by molar-refractivity contribution is 0.0638. The van der Waals surface area contributed by atoms with Gasteiger partial charge in [-0.25, -0.2) is 0 Å². The molecule has 1 saturated heterocycles.